The minimum Gasteiger partial charge on any atom is -0.349 e. The monoisotopic (exact) mass is 341 g/mol. The molecule has 1 N–H and O–H groups in total. The fourth-order valence-corrected chi connectivity index (χ4v) is 2.77. The Morgan fingerprint density at radius 2 is 1.96 bits per heavy atom. The largest absolute Gasteiger partial charge is 0.349 e. The lowest BCUT2D eigenvalue weighted by Gasteiger charge is -2.12. The molecule has 1 aromatic carbocycles. The van der Waals surface area contributed by atoms with Crippen LogP contribution in [0.3, 0.4) is 0 Å². The standard InChI is InChI=1S/C18H20FN5O/c1-12(17-11-23(3)21-13(17)2)20-18(25)10-15-8-9-24(22-15)16-6-4-14(19)5-7-16/h4-9,11-12H,10H2,1-3H3,(H,20,25). The number of carbonyl (C=O) groups excluding carboxylic acids is 1. The fraction of sp³-hybridized carbons (Fsp3) is 0.278. The van der Waals surface area contributed by atoms with Crippen molar-refractivity contribution in [1.82, 2.24) is 24.9 Å². The molecule has 130 valence electrons. The lowest BCUT2D eigenvalue weighted by Crippen LogP contribution is -2.28. The smallest absolute Gasteiger partial charge is 0.226 e. The number of hydrogen-bond acceptors (Lipinski definition) is 3. The highest BCUT2D eigenvalue weighted by molar-refractivity contribution is 5.78. The summed E-state index contributed by atoms with van der Waals surface area (Å²) in [5, 5.41) is 11.6. The minimum absolute atomic E-state index is 0.111. The highest BCUT2D eigenvalue weighted by Gasteiger charge is 2.15. The summed E-state index contributed by atoms with van der Waals surface area (Å²) in [7, 11) is 1.85. The highest BCUT2D eigenvalue weighted by Crippen LogP contribution is 2.16. The van der Waals surface area contributed by atoms with E-state index in [9.17, 15) is 9.18 Å². The van der Waals surface area contributed by atoms with Crippen LogP contribution in [0.2, 0.25) is 0 Å². The van der Waals surface area contributed by atoms with E-state index in [1.807, 2.05) is 27.1 Å². The second kappa shape index (κ2) is 6.88. The van der Waals surface area contributed by atoms with Crippen LogP contribution in [0.15, 0.2) is 42.7 Å². The summed E-state index contributed by atoms with van der Waals surface area (Å²) in [4.78, 5) is 12.3. The van der Waals surface area contributed by atoms with Crippen molar-refractivity contribution in [3.05, 3.63) is 65.5 Å². The van der Waals surface area contributed by atoms with Crippen molar-refractivity contribution in [2.75, 3.05) is 0 Å². The van der Waals surface area contributed by atoms with Crippen LogP contribution in [0.1, 0.15) is 29.9 Å². The molecule has 1 unspecified atom stereocenters. The first kappa shape index (κ1) is 16.9. The fourth-order valence-electron chi connectivity index (χ4n) is 2.77. The number of carbonyl (C=O) groups is 1. The van der Waals surface area contributed by atoms with E-state index in [0.717, 1.165) is 16.9 Å². The van der Waals surface area contributed by atoms with Crippen LogP contribution in [0, 0.1) is 12.7 Å². The SMILES string of the molecule is Cc1nn(C)cc1C(C)NC(=O)Cc1ccn(-c2ccc(F)cc2)n1. The van der Waals surface area contributed by atoms with E-state index in [0.29, 0.717) is 5.69 Å². The number of aromatic nitrogens is 4. The Labute approximate surface area is 145 Å². The molecule has 0 saturated carbocycles. The summed E-state index contributed by atoms with van der Waals surface area (Å²) in [6, 6.07) is 7.69. The van der Waals surface area contributed by atoms with Gasteiger partial charge in [-0.1, -0.05) is 0 Å². The molecule has 3 rings (SSSR count). The van der Waals surface area contributed by atoms with Gasteiger partial charge >= 0.3 is 0 Å². The van der Waals surface area contributed by atoms with Crippen molar-refractivity contribution in [3.63, 3.8) is 0 Å². The number of hydrogen-bond donors (Lipinski definition) is 1. The van der Waals surface area contributed by atoms with E-state index >= 15 is 0 Å². The molecular formula is C18H20FN5O. The van der Waals surface area contributed by atoms with Gasteiger partial charge in [-0.15, -0.1) is 0 Å². The first-order valence-corrected chi connectivity index (χ1v) is 8.02. The number of halogens is 1. The minimum atomic E-state index is -0.296. The van der Waals surface area contributed by atoms with Gasteiger partial charge in [0.1, 0.15) is 5.82 Å². The first-order valence-electron chi connectivity index (χ1n) is 8.02. The number of benzene rings is 1. The lowest BCUT2D eigenvalue weighted by atomic mass is 10.1. The topological polar surface area (TPSA) is 64.7 Å². The number of aryl methyl sites for hydroxylation is 2. The molecule has 1 atom stereocenters. The van der Waals surface area contributed by atoms with Gasteiger partial charge in [0.25, 0.3) is 0 Å². The van der Waals surface area contributed by atoms with Gasteiger partial charge in [0.05, 0.1) is 29.5 Å². The van der Waals surface area contributed by atoms with E-state index in [-0.39, 0.29) is 24.2 Å². The highest BCUT2D eigenvalue weighted by atomic mass is 19.1. The molecule has 0 aliphatic rings. The molecule has 3 aromatic rings. The molecule has 0 radical (unpaired) electrons. The number of nitrogens with one attached hydrogen (secondary N) is 1. The predicted molar refractivity (Wildman–Crippen MR) is 91.7 cm³/mol. The van der Waals surface area contributed by atoms with Crippen LogP contribution < -0.4 is 5.32 Å². The maximum atomic E-state index is 13.0. The molecule has 0 saturated heterocycles. The average Bonchev–Trinajstić information content (AvgIpc) is 3.14. The van der Waals surface area contributed by atoms with E-state index in [2.05, 4.69) is 15.5 Å². The molecule has 0 fully saturated rings. The summed E-state index contributed by atoms with van der Waals surface area (Å²) in [5.41, 5.74) is 3.29. The van der Waals surface area contributed by atoms with Crippen LogP contribution >= 0.6 is 0 Å². The number of amides is 1. The molecule has 0 aliphatic carbocycles. The third-order valence-corrected chi connectivity index (χ3v) is 3.97. The Morgan fingerprint density at radius 1 is 1.24 bits per heavy atom. The predicted octanol–water partition coefficient (Wildman–Crippen LogP) is 2.47. The van der Waals surface area contributed by atoms with Crippen molar-refractivity contribution in [1.29, 1.82) is 0 Å². The third kappa shape index (κ3) is 3.93. The van der Waals surface area contributed by atoms with Gasteiger partial charge in [0, 0.05) is 25.0 Å². The molecule has 6 nitrogen and oxygen atoms in total. The molecule has 7 heteroatoms. The molecule has 0 bridgehead atoms. The van der Waals surface area contributed by atoms with Crippen molar-refractivity contribution in [2.45, 2.75) is 26.3 Å². The van der Waals surface area contributed by atoms with E-state index < -0.39 is 0 Å². The molecular weight excluding hydrogens is 321 g/mol. The van der Waals surface area contributed by atoms with E-state index in [1.165, 1.54) is 12.1 Å². The maximum absolute atomic E-state index is 13.0. The molecule has 0 spiro atoms. The number of rotatable bonds is 5. The van der Waals surface area contributed by atoms with Crippen LogP contribution in [0.5, 0.6) is 0 Å². The Hall–Kier alpha value is -2.96. The Morgan fingerprint density at radius 3 is 2.60 bits per heavy atom. The Kier molecular flexibility index (Phi) is 4.65. The summed E-state index contributed by atoms with van der Waals surface area (Å²) < 4.78 is 16.3. The second-order valence-electron chi connectivity index (χ2n) is 6.04. The Balaban J connectivity index is 1.63. The van der Waals surface area contributed by atoms with Crippen LogP contribution in [0.4, 0.5) is 4.39 Å². The van der Waals surface area contributed by atoms with Crippen molar-refractivity contribution < 1.29 is 9.18 Å². The molecule has 25 heavy (non-hydrogen) atoms. The van der Waals surface area contributed by atoms with Crippen LogP contribution in [0.25, 0.3) is 5.69 Å². The van der Waals surface area contributed by atoms with Gasteiger partial charge in [-0.05, 0) is 44.2 Å². The first-order chi connectivity index (χ1) is 11.9. The molecule has 2 heterocycles. The lowest BCUT2D eigenvalue weighted by molar-refractivity contribution is -0.121. The van der Waals surface area contributed by atoms with Gasteiger partial charge in [0.15, 0.2) is 0 Å². The van der Waals surface area contributed by atoms with E-state index in [4.69, 9.17) is 0 Å². The third-order valence-electron chi connectivity index (χ3n) is 3.97. The summed E-state index contributed by atoms with van der Waals surface area (Å²) >= 11 is 0. The maximum Gasteiger partial charge on any atom is 0.226 e. The molecule has 2 aromatic heterocycles. The Bertz CT molecular complexity index is 881. The van der Waals surface area contributed by atoms with Crippen molar-refractivity contribution in [3.8, 4) is 5.69 Å². The van der Waals surface area contributed by atoms with Crippen molar-refractivity contribution >= 4 is 5.91 Å². The van der Waals surface area contributed by atoms with Gasteiger partial charge in [-0.2, -0.15) is 10.2 Å². The summed E-state index contributed by atoms with van der Waals surface area (Å²) in [6.45, 7) is 3.85. The summed E-state index contributed by atoms with van der Waals surface area (Å²) in [6.07, 6.45) is 3.84. The van der Waals surface area contributed by atoms with Crippen molar-refractivity contribution in [2.24, 2.45) is 7.05 Å². The zero-order valence-corrected chi connectivity index (χ0v) is 14.4. The second-order valence-corrected chi connectivity index (χ2v) is 6.04. The van der Waals surface area contributed by atoms with Gasteiger partial charge in [0.2, 0.25) is 5.91 Å². The van der Waals surface area contributed by atoms with Crippen LogP contribution in [-0.2, 0) is 18.3 Å². The van der Waals surface area contributed by atoms with Gasteiger partial charge in [-0.3, -0.25) is 9.48 Å². The zero-order chi connectivity index (χ0) is 18.0. The average molecular weight is 341 g/mol. The van der Waals surface area contributed by atoms with Gasteiger partial charge < -0.3 is 5.32 Å². The van der Waals surface area contributed by atoms with Gasteiger partial charge in [-0.25, -0.2) is 9.07 Å². The normalized spacial score (nSPS) is 12.2. The van der Waals surface area contributed by atoms with E-state index in [1.54, 1.807) is 33.8 Å². The molecule has 1 amide bonds. The number of nitrogens with zero attached hydrogens (tertiary/aromatic N) is 4. The van der Waals surface area contributed by atoms with Crippen LogP contribution in [-0.4, -0.2) is 25.5 Å². The zero-order valence-electron chi connectivity index (χ0n) is 14.4. The quantitative estimate of drug-likeness (QED) is 0.775. The molecule has 0 aliphatic heterocycles. The summed E-state index contributed by atoms with van der Waals surface area (Å²) in [5.74, 6) is -0.407.